The minimum absolute atomic E-state index is 0.135. The van der Waals surface area contributed by atoms with Crippen molar-refractivity contribution in [1.29, 1.82) is 0 Å². The molecule has 0 amide bonds. The van der Waals surface area contributed by atoms with Crippen molar-refractivity contribution < 1.29 is 13.9 Å². The Balaban J connectivity index is 2.12. The van der Waals surface area contributed by atoms with E-state index in [1.165, 1.54) is 6.07 Å². The SMILES string of the molecule is C=C1c2cc(Br)c(F)cc2O[C@@]2(C)CCOC[C@@H]12. The number of ether oxygens (including phenoxy) is 2. The highest BCUT2D eigenvalue weighted by atomic mass is 79.9. The summed E-state index contributed by atoms with van der Waals surface area (Å²) in [7, 11) is 0. The third-order valence-corrected chi connectivity index (χ3v) is 4.50. The molecule has 1 fully saturated rings. The molecular formula is C14H14BrFO2. The monoisotopic (exact) mass is 312 g/mol. The van der Waals surface area contributed by atoms with Crippen molar-refractivity contribution in [3.63, 3.8) is 0 Å². The molecule has 0 unspecified atom stereocenters. The lowest BCUT2D eigenvalue weighted by Gasteiger charge is -2.46. The summed E-state index contributed by atoms with van der Waals surface area (Å²) >= 11 is 3.20. The van der Waals surface area contributed by atoms with E-state index in [2.05, 4.69) is 22.5 Å². The number of hydrogen-bond acceptors (Lipinski definition) is 2. The molecule has 0 radical (unpaired) electrons. The lowest BCUT2D eigenvalue weighted by molar-refractivity contribution is -0.0686. The van der Waals surface area contributed by atoms with E-state index in [9.17, 15) is 4.39 Å². The Kier molecular flexibility index (Phi) is 2.75. The standard InChI is InChI=1S/C14H14BrFO2/c1-8-9-5-11(15)12(16)6-13(9)18-14(2)3-4-17-7-10(8)14/h5-6,10H,1,3-4,7H2,2H3/t10-,14-/m0/s1. The fraction of sp³-hybridized carbons (Fsp3) is 0.429. The summed E-state index contributed by atoms with van der Waals surface area (Å²) in [6.07, 6.45) is 0.799. The highest BCUT2D eigenvalue weighted by Gasteiger charge is 2.45. The predicted octanol–water partition coefficient (Wildman–Crippen LogP) is 3.79. The van der Waals surface area contributed by atoms with Gasteiger partial charge >= 0.3 is 0 Å². The lowest BCUT2D eigenvalue weighted by atomic mass is 9.76. The minimum Gasteiger partial charge on any atom is -0.486 e. The first-order valence-electron chi connectivity index (χ1n) is 5.96. The lowest BCUT2D eigenvalue weighted by Crippen LogP contribution is -2.50. The van der Waals surface area contributed by atoms with Gasteiger partial charge in [0, 0.05) is 24.0 Å². The van der Waals surface area contributed by atoms with Crippen molar-refractivity contribution in [1.82, 2.24) is 0 Å². The van der Waals surface area contributed by atoms with Gasteiger partial charge in [0.15, 0.2) is 0 Å². The van der Waals surface area contributed by atoms with Crippen LogP contribution >= 0.6 is 15.9 Å². The van der Waals surface area contributed by atoms with Gasteiger partial charge in [0.05, 0.1) is 17.7 Å². The van der Waals surface area contributed by atoms with E-state index in [-0.39, 0.29) is 17.3 Å². The number of hydrogen-bond donors (Lipinski definition) is 0. The molecule has 1 saturated heterocycles. The molecule has 96 valence electrons. The first kappa shape index (κ1) is 12.2. The Morgan fingerprint density at radius 2 is 2.28 bits per heavy atom. The quantitative estimate of drug-likeness (QED) is 0.725. The number of halogens is 2. The van der Waals surface area contributed by atoms with Crippen molar-refractivity contribution in [2.24, 2.45) is 5.92 Å². The van der Waals surface area contributed by atoms with E-state index in [1.807, 2.05) is 6.92 Å². The van der Waals surface area contributed by atoms with Crippen LogP contribution in [0.3, 0.4) is 0 Å². The molecule has 4 heteroatoms. The summed E-state index contributed by atoms with van der Waals surface area (Å²) in [6.45, 7) is 7.49. The van der Waals surface area contributed by atoms with Gasteiger partial charge in [-0.3, -0.25) is 0 Å². The molecule has 2 nitrogen and oxygen atoms in total. The molecule has 0 aromatic heterocycles. The molecule has 2 aliphatic heterocycles. The molecule has 0 bridgehead atoms. The van der Waals surface area contributed by atoms with Gasteiger partial charge in [-0.15, -0.1) is 0 Å². The van der Waals surface area contributed by atoms with Gasteiger partial charge in [-0.2, -0.15) is 0 Å². The van der Waals surface area contributed by atoms with Gasteiger partial charge in [0.1, 0.15) is 17.2 Å². The second kappa shape index (κ2) is 4.07. The van der Waals surface area contributed by atoms with Crippen LogP contribution in [-0.2, 0) is 4.74 Å². The molecule has 2 heterocycles. The smallest absolute Gasteiger partial charge is 0.141 e. The van der Waals surface area contributed by atoms with Crippen LogP contribution < -0.4 is 4.74 Å². The van der Waals surface area contributed by atoms with Crippen molar-refractivity contribution in [2.45, 2.75) is 18.9 Å². The Bertz CT molecular complexity index is 529. The van der Waals surface area contributed by atoms with Crippen molar-refractivity contribution in [3.05, 3.63) is 34.6 Å². The van der Waals surface area contributed by atoms with E-state index in [0.717, 1.165) is 17.6 Å². The largest absolute Gasteiger partial charge is 0.486 e. The molecular weight excluding hydrogens is 299 g/mol. The van der Waals surface area contributed by atoms with Crippen molar-refractivity contribution in [3.8, 4) is 5.75 Å². The van der Waals surface area contributed by atoms with E-state index in [0.29, 0.717) is 23.4 Å². The van der Waals surface area contributed by atoms with Crippen LogP contribution in [0.15, 0.2) is 23.2 Å². The van der Waals surface area contributed by atoms with Gasteiger partial charge in [-0.25, -0.2) is 4.39 Å². The summed E-state index contributed by atoms with van der Waals surface area (Å²) < 4.78 is 25.6. The summed E-state index contributed by atoms with van der Waals surface area (Å²) in [4.78, 5) is 0. The van der Waals surface area contributed by atoms with Crippen LogP contribution in [0.1, 0.15) is 18.9 Å². The maximum atomic E-state index is 13.6. The minimum atomic E-state index is -0.331. The Morgan fingerprint density at radius 1 is 1.50 bits per heavy atom. The van der Waals surface area contributed by atoms with Crippen LogP contribution in [0.2, 0.25) is 0 Å². The fourth-order valence-electron chi connectivity index (χ4n) is 2.72. The highest BCUT2D eigenvalue weighted by Crippen LogP contribution is 2.47. The van der Waals surface area contributed by atoms with Gasteiger partial charge < -0.3 is 9.47 Å². The van der Waals surface area contributed by atoms with Gasteiger partial charge in [-0.1, -0.05) is 6.58 Å². The maximum absolute atomic E-state index is 13.6. The first-order valence-corrected chi connectivity index (χ1v) is 6.75. The van der Waals surface area contributed by atoms with E-state index in [1.54, 1.807) is 6.07 Å². The normalized spacial score (nSPS) is 30.4. The second-order valence-corrected chi connectivity index (χ2v) is 5.93. The third kappa shape index (κ3) is 1.70. The molecule has 2 atom stereocenters. The molecule has 0 aliphatic carbocycles. The fourth-order valence-corrected chi connectivity index (χ4v) is 3.06. The predicted molar refractivity (Wildman–Crippen MR) is 71.1 cm³/mol. The zero-order valence-corrected chi connectivity index (χ0v) is 11.7. The zero-order valence-electron chi connectivity index (χ0n) is 10.1. The molecule has 0 saturated carbocycles. The maximum Gasteiger partial charge on any atom is 0.141 e. The molecule has 0 spiro atoms. The average molecular weight is 313 g/mol. The topological polar surface area (TPSA) is 18.5 Å². The Labute approximate surface area is 114 Å². The molecule has 1 aromatic rings. The van der Waals surface area contributed by atoms with E-state index in [4.69, 9.17) is 9.47 Å². The van der Waals surface area contributed by atoms with Crippen LogP contribution in [-0.4, -0.2) is 18.8 Å². The molecule has 2 aliphatic rings. The van der Waals surface area contributed by atoms with Crippen LogP contribution in [0, 0.1) is 11.7 Å². The van der Waals surface area contributed by atoms with Crippen LogP contribution in [0.5, 0.6) is 5.75 Å². The zero-order chi connectivity index (χ0) is 12.9. The van der Waals surface area contributed by atoms with E-state index < -0.39 is 0 Å². The third-order valence-electron chi connectivity index (χ3n) is 3.90. The summed E-state index contributed by atoms with van der Waals surface area (Å²) in [5.41, 5.74) is 1.51. The van der Waals surface area contributed by atoms with Crippen LogP contribution in [0.4, 0.5) is 4.39 Å². The summed E-state index contributed by atoms with van der Waals surface area (Å²) in [5.74, 6) is 0.410. The highest BCUT2D eigenvalue weighted by molar-refractivity contribution is 9.10. The van der Waals surface area contributed by atoms with Crippen molar-refractivity contribution >= 4 is 21.5 Å². The Hall–Kier alpha value is -0.870. The van der Waals surface area contributed by atoms with Gasteiger partial charge in [0.2, 0.25) is 0 Å². The second-order valence-electron chi connectivity index (χ2n) is 5.08. The molecule has 18 heavy (non-hydrogen) atoms. The Morgan fingerprint density at radius 3 is 3.06 bits per heavy atom. The summed E-state index contributed by atoms with van der Waals surface area (Å²) in [6, 6.07) is 3.17. The molecule has 3 rings (SSSR count). The number of fused-ring (bicyclic) bond motifs is 2. The molecule has 1 aromatic carbocycles. The number of rotatable bonds is 0. The summed E-state index contributed by atoms with van der Waals surface area (Å²) in [5, 5.41) is 0. The number of benzene rings is 1. The average Bonchev–Trinajstić information content (AvgIpc) is 2.32. The van der Waals surface area contributed by atoms with Gasteiger partial charge in [0.25, 0.3) is 0 Å². The van der Waals surface area contributed by atoms with Crippen molar-refractivity contribution in [2.75, 3.05) is 13.2 Å². The van der Waals surface area contributed by atoms with Crippen LogP contribution in [0.25, 0.3) is 5.57 Å². The van der Waals surface area contributed by atoms with Gasteiger partial charge in [-0.05, 0) is 34.5 Å². The van der Waals surface area contributed by atoms with E-state index >= 15 is 0 Å². The first-order chi connectivity index (χ1) is 8.51. The molecule has 0 N–H and O–H groups in total.